The average molecular weight is 373 g/mol. The third-order valence-electron chi connectivity index (χ3n) is 2.76. The van der Waals surface area contributed by atoms with Crippen LogP contribution in [0, 0.1) is 0 Å². The Balaban J connectivity index is 3.07. The molecule has 0 aliphatic rings. The number of methoxy groups -OCH3 is 1. The lowest BCUT2D eigenvalue weighted by Gasteiger charge is -2.16. The molecule has 0 spiro atoms. The predicted molar refractivity (Wildman–Crippen MR) is 74.6 cm³/mol. The molecule has 0 saturated carbocycles. The number of nitrogens with one attached hydrogen (secondary N) is 1. The zero-order valence-corrected chi connectivity index (χ0v) is 13.5. The Bertz CT molecular complexity index is 694. The van der Waals surface area contributed by atoms with Crippen molar-refractivity contribution in [2.24, 2.45) is 0 Å². The number of rotatable bonds is 8. The molecule has 1 aromatic carbocycles. The van der Waals surface area contributed by atoms with Crippen LogP contribution >= 0.6 is 0 Å². The van der Waals surface area contributed by atoms with E-state index in [1.807, 2.05) is 0 Å². The highest BCUT2D eigenvalue weighted by Crippen LogP contribution is 2.29. The van der Waals surface area contributed by atoms with Gasteiger partial charge in [-0.2, -0.15) is 17.2 Å². The summed E-state index contributed by atoms with van der Waals surface area (Å²) < 4.78 is 82.7. The molecule has 1 aromatic rings. The van der Waals surface area contributed by atoms with E-state index in [2.05, 4.69) is 9.50 Å². The molecule has 0 aromatic heterocycles. The maximum Gasteiger partial charge on any atom is 0.331 e. The minimum atomic E-state index is -4.78. The monoisotopic (exact) mass is 373 g/mol. The summed E-state index contributed by atoms with van der Waals surface area (Å²) in [5.74, 6) is -5.21. The van der Waals surface area contributed by atoms with Crippen LogP contribution in [0.1, 0.15) is 12.5 Å². The quantitative estimate of drug-likeness (QED) is 0.556. The van der Waals surface area contributed by atoms with Gasteiger partial charge in [-0.3, -0.25) is 8.98 Å². The molecule has 1 rings (SSSR count). The van der Waals surface area contributed by atoms with Crippen molar-refractivity contribution < 1.29 is 39.7 Å². The van der Waals surface area contributed by atoms with E-state index in [1.54, 1.807) is 0 Å². The normalized spacial score (nSPS) is 12.3. The van der Waals surface area contributed by atoms with Crippen LogP contribution in [0.2, 0.25) is 0 Å². The first-order chi connectivity index (χ1) is 11.0. The molecular weight excluding hydrogens is 358 g/mol. The number of alkyl halides is 4. The van der Waals surface area contributed by atoms with Crippen molar-refractivity contribution in [2.45, 2.75) is 30.7 Å². The van der Waals surface area contributed by atoms with Crippen LogP contribution < -0.4 is 10.1 Å². The molecule has 0 atom stereocenters. The summed E-state index contributed by atoms with van der Waals surface area (Å²) in [6.45, 7) is -0.794. The predicted octanol–water partition coefficient (Wildman–Crippen LogP) is 1.94. The number of hydrogen-bond donors (Lipinski definition) is 1. The Labute approximate surface area is 135 Å². The number of carbonyl (C=O) groups excluding carboxylic acids is 1. The number of ether oxygens (including phenoxy) is 1. The van der Waals surface area contributed by atoms with Gasteiger partial charge in [0.05, 0.1) is 7.11 Å². The standard InChI is InChI=1S/C13H15F4NO5S/c1-8(19)18-6-9-3-4-10(22-2)11(5-9)24(20,21)23-7-13(16,17)12(14)15/h3-5,12H,6-7H2,1-2H3,(H,18,19). The van der Waals surface area contributed by atoms with E-state index in [9.17, 15) is 30.8 Å². The Morgan fingerprint density at radius 2 is 1.96 bits per heavy atom. The number of halogens is 4. The summed E-state index contributed by atoms with van der Waals surface area (Å²) in [7, 11) is -3.65. The second kappa shape index (κ2) is 7.79. The molecule has 0 saturated heterocycles. The highest BCUT2D eigenvalue weighted by atomic mass is 32.2. The summed E-state index contributed by atoms with van der Waals surface area (Å²) in [6.07, 6.45) is -4.07. The minimum Gasteiger partial charge on any atom is -0.495 e. The van der Waals surface area contributed by atoms with Gasteiger partial charge < -0.3 is 10.1 Å². The minimum absolute atomic E-state index is 0.0327. The Morgan fingerprint density at radius 1 is 1.33 bits per heavy atom. The second-order valence-electron chi connectivity index (χ2n) is 4.67. The smallest absolute Gasteiger partial charge is 0.331 e. The van der Waals surface area contributed by atoms with E-state index in [1.165, 1.54) is 19.1 Å². The van der Waals surface area contributed by atoms with E-state index >= 15 is 0 Å². The van der Waals surface area contributed by atoms with Crippen LogP contribution in [-0.2, 0) is 25.6 Å². The lowest BCUT2D eigenvalue weighted by molar-refractivity contribution is -0.147. The molecular formula is C13H15F4NO5S. The Hall–Kier alpha value is -1.88. The molecule has 11 heteroatoms. The molecule has 1 amide bonds. The lowest BCUT2D eigenvalue weighted by Crippen LogP contribution is -2.33. The first kappa shape index (κ1) is 20.2. The van der Waals surface area contributed by atoms with Crippen LogP contribution in [0.15, 0.2) is 23.1 Å². The number of carbonyl (C=O) groups is 1. The summed E-state index contributed by atoms with van der Waals surface area (Å²) in [5, 5.41) is 2.41. The molecule has 0 aliphatic carbocycles. The summed E-state index contributed by atoms with van der Waals surface area (Å²) in [6, 6.07) is 3.69. The van der Waals surface area contributed by atoms with E-state index < -0.39 is 34.0 Å². The molecule has 0 aliphatic heterocycles. The van der Waals surface area contributed by atoms with Crippen molar-refractivity contribution in [2.75, 3.05) is 13.7 Å². The van der Waals surface area contributed by atoms with E-state index in [4.69, 9.17) is 4.74 Å². The van der Waals surface area contributed by atoms with Gasteiger partial charge in [0.25, 0.3) is 0 Å². The van der Waals surface area contributed by atoms with Gasteiger partial charge >= 0.3 is 22.5 Å². The maximum absolute atomic E-state index is 12.8. The van der Waals surface area contributed by atoms with Gasteiger partial charge in [-0.1, -0.05) is 6.07 Å². The van der Waals surface area contributed by atoms with Crippen LogP contribution in [0.3, 0.4) is 0 Å². The van der Waals surface area contributed by atoms with Crippen molar-refractivity contribution in [3.05, 3.63) is 23.8 Å². The molecule has 0 fully saturated rings. The maximum atomic E-state index is 12.8. The SMILES string of the molecule is COc1ccc(CNC(C)=O)cc1S(=O)(=O)OCC(F)(F)C(F)F. The van der Waals surface area contributed by atoms with Crippen molar-refractivity contribution in [1.29, 1.82) is 0 Å². The summed E-state index contributed by atoms with van der Waals surface area (Å²) in [5.41, 5.74) is 0.314. The van der Waals surface area contributed by atoms with Crippen LogP contribution in [0.25, 0.3) is 0 Å². The van der Waals surface area contributed by atoms with Gasteiger partial charge in [-0.05, 0) is 17.7 Å². The molecule has 6 nitrogen and oxygen atoms in total. The lowest BCUT2D eigenvalue weighted by atomic mass is 10.2. The number of hydrogen-bond acceptors (Lipinski definition) is 5. The van der Waals surface area contributed by atoms with Crippen LogP contribution in [0.4, 0.5) is 17.6 Å². The van der Waals surface area contributed by atoms with Gasteiger partial charge in [0.2, 0.25) is 5.91 Å². The molecule has 0 unspecified atom stereocenters. The van der Waals surface area contributed by atoms with Crippen molar-refractivity contribution in [3.63, 3.8) is 0 Å². The van der Waals surface area contributed by atoms with Gasteiger partial charge in [-0.15, -0.1) is 0 Å². The first-order valence-electron chi connectivity index (χ1n) is 6.46. The van der Waals surface area contributed by atoms with Crippen molar-refractivity contribution in [1.82, 2.24) is 5.32 Å². The highest BCUT2D eigenvalue weighted by Gasteiger charge is 2.43. The molecule has 0 bridgehead atoms. The fraction of sp³-hybridized carbons (Fsp3) is 0.462. The Kier molecular flexibility index (Phi) is 6.55. The molecule has 24 heavy (non-hydrogen) atoms. The van der Waals surface area contributed by atoms with Gasteiger partial charge in [0.1, 0.15) is 17.3 Å². The fourth-order valence-corrected chi connectivity index (χ4v) is 2.67. The zero-order valence-electron chi connectivity index (χ0n) is 12.7. The number of amides is 1. The fourth-order valence-electron chi connectivity index (χ4n) is 1.54. The Morgan fingerprint density at radius 3 is 2.46 bits per heavy atom. The van der Waals surface area contributed by atoms with Crippen LogP contribution in [0.5, 0.6) is 5.75 Å². The number of benzene rings is 1. The first-order valence-corrected chi connectivity index (χ1v) is 7.87. The van der Waals surface area contributed by atoms with Crippen molar-refractivity contribution >= 4 is 16.0 Å². The third-order valence-corrected chi connectivity index (χ3v) is 4.05. The third kappa shape index (κ3) is 5.34. The van der Waals surface area contributed by atoms with Gasteiger partial charge in [0, 0.05) is 13.5 Å². The van der Waals surface area contributed by atoms with E-state index in [0.29, 0.717) is 5.56 Å². The van der Waals surface area contributed by atoms with Gasteiger partial charge in [-0.25, -0.2) is 8.78 Å². The highest BCUT2D eigenvalue weighted by molar-refractivity contribution is 7.86. The molecule has 0 radical (unpaired) electrons. The zero-order chi connectivity index (χ0) is 18.5. The summed E-state index contributed by atoms with van der Waals surface area (Å²) in [4.78, 5) is 10.3. The average Bonchev–Trinajstić information content (AvgIpc) is 2.50. The van der Waals surface area contributed by atoms with E-state index in [-0.39, 0.29) is 18.2 Å². The van der Waals surface area contributed by atoms with Crippen LogP contribution in [-0.4, -0.2) is 40.4 Å². The molecule has 136 valence electrons. The largest absolute Gasteiger partial charge is 0.495 e. The van der Waals surface area contributed by atoms with Crippen molar-refractivity contribution in [3.8, 4) is 5.75 Å². The summed E-state index contributed by atoms with van der Waals surface area (Å²) >= 11 is 0. The second-order valence-corrected chi connectivity index (χ2v) is 6.26. The molecule has 0 heterocycles. The van der Waals surface area contributed by atoms with E-state index in [0.717, 1.165) is 13.2 Å². The molecule has 1 N–H and O–H groups in total. The van der Waals surface area contributed by atoms with Gasteiger partial charge in [0.15, 0.2) is 0 Å². The topological polar surface area (TPSA) is 81.7 Å².